The number of pyridine rings is 1. The van der Waals surface area contributed by atoms with Gasteiger partial charge in [0, 0.05) is 40.8 Å². The molecule has 8 aromatic rings. The minimum absolute atomic E-state index is 0.00241. The lowest BCUT2D eigenvalue weighted by Gasteiger charge is -2.29. The fourth-order valence-electron chi connectivity index (χ4n) is 8.93. The average Bonchev–Trinajstić information content (AvgIpc) is 3.61. The van der Waals surface area contributed by atoms with Crippen LogP contribution >= 0.6 is 0 Å². The molecule has 0 spiro atoms. The van der Waals surface area contributed by atoms with Crippen molar-refractivity contribution < 1.29 is 4.74 Å². The van der Waals surface area contributed by atoms with E-state index in [1.54, 1.807) is 0 Å². The lowest BCUT2D eigenvalue weighted by atomic mass is 9.85. The molecule has 0 unspecified atom stereocenters. The summed E-state index contributed by atoms with van der Waals surface area (Å²) in [6.07, 6.45) is 1.87. The quantitative estimate of drug-likeness (QED) is 0.167. The molecule has 0 bridgehead atoms. The summed E-state index contributed by atoms with van der Waals surface area (Å²) in [6.45, 7) is 14.3. The first-order chi connectivity index (χ1) is 29.5. The van der Waals surface area contributed by atoms with Crippen LogP contribution in [0.15, 0.2) is 182 Å². The van der Waals surface area contributed by atoms with E-state index in [1.807, 2.05) is 18.3 Å². The van der Waals surface area contributed by atoms with E-state index in [0.717, 1.165) is 51.1 Å². The van der Waals surface area contributed by atoms with Gasteiger partial charge in [-0.25, -0.2) is 4.98 Å². The Bertz CT molecular complexity index is 2900. The fourth-order valence-corrected chi connectivity index (χ4v) is 8.93. The third kappa shape index (κ3) is 7.00. The summed E-state index contributed by atoms with van der Waals surface area (Å²) in [7, 11) is 0. The molecule has 300 valence electrons. The van der Waals surface area contributed by atoms with Gasteiger partial charge in [-0.05, 0) is 105 Å². The zero-order valence-electron chi connectivity index (χ0n) is 35.7. The molecule has 5 heteroatoms. The molecule has 10 rings (SSSR count). The maximum absolute atomic E-state index is 6.85. The van der Waals surface area contributed by atoms with Crippen molar-refractivity contribution in [3.8, 4) is 44.9 Å². The van der Waals surface area contributed by atoms with Gasteiger partial charge in [0.1, 0.15) is 24.0 Å². The second-order valence-corrected chi connectivity index (χ2v) is 18.2. The lowest BCUT2D eigenvalue weighted by molar-refractivity contribution is 0.483. The van der Waals surface area contributed by atoms with Crippen LogP contribution in [0.3, 0.4) is 0 Å². The number of hydrogen-bond acceptors (Lipinski definition) is 5. The van der Waals surface area contributed by atoms with Crippen LogP contribution in [0.25, 0.3) is 33.4 Å². The molecule has 1 aromatic heterocycles. The monoisotopic (exact) mass is 794 g/mol. The summed E-state index contributed by atoms with van der Waals surface area (Å²) in [4.78, 5) is 12.1. The number of benzene rings is 7. The minimum Gasteiger partial charge on any atom is -0.457 e. The zero-order valence-corrected chi connectivity index (χ0v) is 35.7. The van der Waals surface area contributed by atoms with Gasteiger partial charge in [0.15, 0.2) is 0 Å². The van der Waals surface area contributed by atoms with Crippen LogP contribution in [0.5, 0.6) is 11.5 Å². The summed E-state index contributed by atoms with van der Waals surface area (Å²) >= 11 is 0. The summed E-state index contributed by atoms with van der Waals surface area (Å²) in [5.74, 6) is 2.35. The second-order valence-electron chi connectivity index (χ2n) is 18.2. The Labute approximate surface area is 360 Å². The van der Waals surface area contributed by atoms with Gasteiger partial charge in [-0.15, -0.1) is 0 Å². The Balaban J connectivity index is 1.04. The molecule has 2 aliphatic heterocycles. The summed E-state index contributed by atoms with van der Waals surface area (Å²) < 4.78 is 6.85. The molecular weight excluding hydrogens is 745 g/mol. The standard InChI is InChI=1S/C56H50N4O/c1-55(2,3)40-28-25-38(26-29-40)39-27-31-46-44-18-7-8-19-45(44)47-32-30-43(36-53(47)60(52(46)34-39)54-24-13-14-33-57-54)61-42-17-15-16-41(35-42)58-37-59(51-23-12-11-22-50(51)58)49-21-10-9-20-48(49)56(4,5)6/h7-36H,37H2,1-6H3. The normalized spacial score (nSPS) is 13.2. The molecule has 0 saturated carbocycles. The first kappa shape index (κ1) is 38.1. The molecular formula is C56H50N4O. The number of ether oxygens (including phenoxy) is 1. The van der Waals surface area contributed by atoms with Gasteiger partial charge in [-0.3, -0.25) is 4.90 Å². The molecule has 0 saturated heterocycles. The van der Waals surface area contributed by atoms with E-state index < -0.39 is 0 Å². The van der Waals surface area contributed by atoms with Gasteiger partial charge in [0.25, 0.3) is 0 Å². The third-order valence-electron chi connectivity index (χ3n) is 12.0. The topological polar surface area (TPSA) is 31.8 Å². The lowest BCUT2D eigenvalue weighted by Crippen LogP contribution is -2.26. The molecule has 0 N–H and O–H groups in total. The van der Waals surface area contributed by atoms with Crippen molar-refractivity contribution in [3.05, 3.63) is 193 Å². The predicted octanol–water partition coefficient (Wildman–Crippen LogP) is 15.5. The maximum Gasteiger partial charge on any atom is 0.137 e. The SMILES string of the molecule is CC(C)(C)c1ccc(-c2ccc3c(c2)N(c2ccccn2)c2cc(Oc4cccc(N5CN(c6ccccc6C(C)(C)C)c6ccccc65)c4)ccc2-c2ccccc2-3)cc1. The number of aromatic nitrogens is 1. The molecule has 0 atom stereocenters. The van der Waals surface area contributed by atoms with Gasteiger partial charge in [-0.2, -0.15) is 0 Å². The van der Waals surface area contributed by atoms with Crippen LogP contribution in [-0.2, 0) is 10.8 Å². The van der Waals surface area contributed by atoms with E-state index in [4.69, 9.17) is 9.72 Å². The van der Waals surface area contributed by atoms with E-state index in [9.17, 15) is 0 Å². The van der Waals surface area contributed by atoms with Crippen LogP contribution in [0.4, 0.5) is 39.9 Å². The van der Waals surface area contributed by atoms with Crippen LogP contribution in [0.2, 0.25) is 0 Å². The van der Waals surface area contributed by atoms with E-state index >= 15 is 0 Å². The van der Waals surface area contributed by atoms with Gasteiger partial charge in [0.05, 0.1) is 22.7 Å². The van der Waals surface area contributed by atoms with E-state index in [2.05, 4.69) is 220 Å². The Hall–Kier alpha value is -7.11. The van der Waals surface area contributed by atoms with Gasteiger partial charge in [0.2, 0.25) is 0 Å². The van der Waals surface area contributed by atoms with Gasteiger partial charge in [-0.1, -0.05) is 145 Å². The summed E-state index contributed by atoms with van der Waals surface area (Å²) in [5, 5.41) is 0. The third-order valence-corrected chi connectivity index (χ3v) is 12.0. The number of anilines is 7. The second kappa shape index (κ2) is 14.9. The highest BCUT2D eigenvalue weighted by atomic mass is 16.5. The van der Waals surface area contributed by atoms with Crippen LogP contribution < -0.4 is 19.4 Å². The van der Waals surface area contributed by atoms with Crippen molar-refractivity contribution in [1.82, 2.24) is 4.98 Å². The largest absolute Gasteiger partial charge is 0.457 e. The van der Waals surface area contributed by atoms with Gasteiger partial charge >= 0.3 is 0 Å². The molecule has 0 radical (unpaired) electrons. The minimum atomic E-state index is -0.00241. The Kier molecular flexibility index (Phi) is 9.29. The first-order valence-electron chi connectivity index (χ1n) is 21.2. The number of hydrogen-bond donors (Lipinski definition) is 0. The highest BCUT2D eigenvalue weighted by molar-refractivity contribution is 6.03. The molecule has 7 aromatic carbocycles. The van der Waals surface area contributed by atoms with Crippen LogP contribution in [-0.4, -0.2) is 11.7 Å². The van der Waals surface area contributed by atoms with Crippen molar-refractivity contribution in [2.24, 2.45) is 0 Å². The van der Waals surface area contributed by atoms with Crippen molar-refractivity contribution in [3.63, 3.8) is 0 Å². The zero-order chi connectivity index (χ0) is 41.9. The molecule has 2 aliphatic rings. The van der Waals surface area contributed by atoms with E-state index in [-0.39, 0.29) is 10.8 Å². The predicted molar refractivity (Wildman–Crippen MR) is 255 cm³/mol. The fraction of sp³-hybridized carbons (Fsp3) is 0.161. The molecule has 5 nitrogen and oxygen atoms in total. The maximum atomic E-state index is 6.85. The molecule has 3 heterocycles. The Morgan fingerprint density at radius 2 is 1.05 bits per heavy atom. The first-order valence-corrected chi connectivity index (χ1v) is 21.2. The number of fused-ring (bicyclic) bond motifs is 6. The number of para-hydroxylation sites is 3. The number of rotatable bonds is 6. The molecule has 0 fully saturated rings. The Morgan fingerprint density at radius 3 is 1.74 bits per heavy atom. The molecule has 0 aliphatic carbocycles. The smallest absolute Gasteiger partial charge is 0.137 e. The van der Waals surface area contributed by atoms with Gasteiger partial charge < -0.3 is 14.5 Å². The molecule has 61 heavy (non-hydrogen) atoms. The highest BCUT2D eigenvalue weighted by Crippen LogP contribution is 2.53. The highest BCUT2D eigenvalue weighted by Gasteiger charge is 2.32. The van der Waals surface area contributed by atoms with Crippen LogP contribution in [0.1, 0.15) is 52.7 Å². The van der Waals surface area contributed by atoms with Crippen LogP contribution in [0, 0.1) is 0 Å². The number of nitrogens with zero attached hydrogens (tertiary/aromatic N) is 4. The van der Waals surface area contributed by atoms with E-state index in [1.165, 1.54) is 44.9 Å². The van der Waals surface area contributed by atoms with E-state index in [0.29, 0.717) is 6.67 Å². The average molecular weight is 795 g/mol. The van der Waals surface area contributed by atoms with Crippen molar-refractivity contribution >= 4 is 39.9 Å². The van der Waals surface area contributed by atoms with Crippen molar-refractivity contribution in [1.29, 1.82) is 0 Å². The Morgan fingerprint density at radius 1 is 0.443 bits per heavy atom. The van der Waals surface area contributed by atoms with Crippen molar-refractivity contribution in [2.75, 3.05) is 21.4 Å². The summed E-state index contributed by atoms with van der Waals surface area (Å²) in [6, 6.07) is 63.0. The van der Waals surface area contributed by atoms with Crippen molar-refractivity contribution in [2.45, 2.75) is 52.4 Å². The molecule has 0 amide bonds. The summed E-state index contributed by atoms with van der Waals surface area (Å²) in [5.41, 5.74) is 16.4.